The number of likely N-dealkylation sites (tertiary alicyclic amines) is 1. The number of hydrogen-bond acceptors (Lipinski definition) is 3. The zero-order chi connectivity index (χ0) is 23.6. The number of rotatable bonds is 6. The van der Waals surface area contributed by atoms with E-state index in [1.807, 2.05) is 53.4 Å². The molecule has 5 rings (SSSR count). The minimum atomic E-state index is -0.222. The lowest BCUT2D eigenvalue weighted by molar-refractivity contribution is 0.156. The number of hydrogen-bond donors (Lipinski definition) is 0. The van der Waals surface area contributed by atoms with Crippen molar-refractivity contribution < 1.29 is 9.53 Å². The maximum atomic E-state index is 12.9. The van der Waals surface area contributed by atoms with Crippen LogP contribution in [0.15, 0.2) is 48.5 Å². The van der Waals surface area contributed by atoms with Gasteiger partial charge in [0.15, 0.2) is 0 Å². The van der Waals surface area contributed by atoms with Crippen molar-refractivity contribution >= 4 is 17.7 Å². The van der Waals surface area contributed by atoms with E-state index < -0.39 is 0 Å². The van der Waals surface area contributed by atoms with Crippen LogP contribution in [0.5, 0.6) is 5.75 Å². The zero-order valence-electron chi connectivity index (χ0n) is 19.8. The average Bonchev–Trinajstić information content (AvgIpc) is 3.22. The Hall–Kier alpha value is -2.51. The first-order valence-corrected chi connectivity index (χ1v) is 13.1. The lowest BCUT2D eigenvalue weighted by Gasteiger charge is -2.30. The molecule has 1 aliphatic heterocycles. The van der Waals surface area contributed by atoms with Crippen LogP contribution in [0.1, 0.15) is 68.9 Å². The molecular formula is C29H33ClN2O2. The topological polar surface area (TPSA) is 53.3 Å². The standard InChI is InChI=1S/C29H33ClN2O2/c30-26-17-22(11-12-24(26)19-31)13-14-28(18-23-7-3-1-4-8-23)20-29(28)15-16-32(21-29)27(33)34-25-9-5-2-6-10-25/h2,5-6,9-12,17,23H,1,3-4,7-8,13-16,18,20-21H2/t28-,29+/m1/s1. The van der Waals surface area contributed by atoms with Gasteiger partial charge in [0.1, 0.15) is 11.8 Å². The number of ether oxygens (including phenoxy) is 1. The summed E-state index contributed by atoms with van der Waals surface area (Å²) < 4.78 is 5.65. The minimum absolute atomic E-state index is 0.219. The van der Waals surface area contributed by atoms with Crippen molar-refractivity contribution in [2.75, 3.05) is 13.1 Å². The summed E-state index contributed by atoms with van der Waals surface area (Å²) in [6, 6.07) is 17.4. The largest absolute Gasteiger partial charge is 0.415 e. The van der Waals surface area contributed by atoms with Crippen molar-refractivity contribution in [1.82, 2.24) is 4.90 Å². The Labute approximate surface area is 207 Å². The second kappa shape index (κ2) is 9.62. The molecule has 178 valence electrons. The highest BCUT2D eigenvalue weighted by molar-refractivity contribution is 6.31. The summed E-state index contributed by atoms with van der Waals surface area (Å²) in [4.78, 5) is 14.8. The van der Waals surface area contributed by atoms with E-state index in [1.165, 1.54) is 50.5 Å². The van der Waals surface area contributed by atoms with Crippen molar-refractivity contribution in [3.05, 3.63) is 64.7 Å². The first-order chi connectivity index (χ1) is 16.5. The molecule has 3 fully saturated rings. The fraction of sp³-hybridized carbons (Fsp3) is 0.517. The Bertz CT molecular complexity index is 1080. The molecule has 0 bridgehead atoms. The van der Waals surface area contributed by atoms with E-state index in [-0.39, 0.29) is 16.9 Å². The van der Waals surface area contributed by atoms with Gasteiger partial charge in [-0.3, -0.25) is 0 Å². The summed E-state index contributed by atoms with van der Waals surface area (Å²) in [5, 5.41) is 9.73. The Morgan fingerprint density at radius 2 is 1.94 bits per heavy atom. The summed E-state index contributed by atoms with van der Waals surface area (Å²) in [5.41, 5.74) is 2.24. The number of amides is 1. The molecule has 1 heterocycles. The minimum Gasteiger partial charge on any atom is -0.410 e. The fourth-order valence-corrected chi connectivity index (χ4v) is 6.98. The average molecular weight is 477 g/mol. The van der Waals surface area contributed by atoms with Crippen LogP contribution in [0.4, 0.5) is 4.79 Å². The number of benzene rings is 2. The van der Waals surface area contributed by atoms with Crippen LogP contribution in [0, 0.1) is 28.1 Å². The molecule has 2 aromatic carbocycles. The molecular weight excluding hydrogens is 444 g/mol. The van der Waals surface area contributed by atoms with E-state index in [4.69, 9.17) is 16.3 Å². The van der Waals surface area contributed by atoms with Crippen LogP contribution in [0.3, 0.4) is 0 Å². The SMILES string of the molecule is N#Cc1ccc(CC[C@@]2(CC3CCCCC3)C[C@]23CCN(C(=O)Oc2ccccc2)C3)cc1Cl. The first kappa shape index (κ1) is 23.2. The lowest BCUT2D eigenvalue weighted by Crippen LogP contribution is -2.32. The van der Waals surface area contributed by atoms with Crippen LogP contribution in [0.25, 0.3) is 0 Å². The third-order valence-corrected chi connectivity index (χ3v) is 9.00. The Morgan fingerprint density at radius 3 is 2.68 bits per heavy atom. The molecule has 0 N–H and O–H groups in total. The van der Waals surface area contributed by atoms with Crippen molar-refractivity contribution in [2.24, 2.45) is 16.7 Å². The van der Waals surface area contributed by atoms with Gasteiger partial charge in [0.2, 0.25) is 0 Å². The molecule has 2 atom stereocenters. The predicted molar refractivity (Wildman–Crippen MR) is 134 cm³/mol. The number of halogens is 1. The third-order valence-electron chi connectivity index (χ3n) is 8.69. The van der Waals surface area contributed by atoms with E-state index in [9.17, 15) is 10.1 Å². The highest BCUT2D eigenvalue weighted by Crippen LogP contribution is 2.73. The molecule has 2 saturated carbocycles. The number of carbonyl (C=O) groups excluding carboxylic acids is 1. The van der Waals surface area contributed by atoms with Gasteiger partial charge in [-0.2, -0.15) is 5.26 Å². The van der Waals surface area contributed by atoms with Gasteiger partial charge in [0.05, 0.1) is 10.6 Å². The quantitative estimate of drug-likeness (QED) is 0.436. The molecule has 2 aromatic rings. The number of para-hydroxylation sites is 1. The maximum absolute atomic E-state index is 12.9. The van der Waals surface area contributed by atoms with Crippen LogP contribution in [0.2, 0.25) is 5.02 Å². The van der Waals surface area contributed by atoms with Gasteiger partial charge in [0.25, 0.3) is 0 Å². The molecule has 1 spiro atoms. The number of carbonyl (C=O) groups is 1. The Morgan fingerprint density at radius 1 is 1.15 bits per heavy atom. The van der Waals surface area contributed by atoms with Crippen molar-refractivity contribution in [2.45, 2.75) is 64.2 Å². The Balaban J connectivity index is 1.28. The normalized spacial score (nSPS) is 26.4. The lowest BCUT2D eigenvalue weighted by atomic mass is 9.75. The second-order valence-corrected chi connectivity index (χ2v) is 11.1. The van der Waals surface area contributed by atoms with Crippen molar-refractivity contribution in [1.29, 1.82) is 5.26 Å². The fourth-order valence-electron chi connectivity index (χ4n) is 6.74. The summed E-state index contributed by atoms with van der Waals surface area (Å²) >= 11 is 6.31. The predicted octanol–water partition coefficient (Wildman–Crippen LogP) is 7.40. The van der Waals surface area contributed by atoms with E-state index in [0.717, 1.165) is 38.3 Å². The second-order valence-electron chi connectivity index (χ2n) is 10.7. The smallest absolute Gasteiger partial charge is 0.410 e. The van der Waals surface area contributed by atoms with Crippen molar-refractivity contribution in [3.63, 3.8) is 0 Å². The van der Waals surface area contributed by atoms with Crippen LogP contribution < -0.4 is 4.74 Å². The van der Waals surface area contributed by atoms with Gasteiger partial charge < -0.3 is 9.64 Å². The molecule has 5 heteroatoms. The van der Waals surface area contributed by atoms with Gasteiger partial charge in [-0.15, -0.1) is 0 Å². The summed E-state index contributed by atoms with van der Waals surface area (Å²) in [5.74, 6) is 1.42. The maximum Gasteiger partial charge on any atom is 0.415 e. The molecule has 2 aliphatic carbocycles. The van der Waals surface area contributed by atoms with E-state index in [2.05, 4.69) is 6.07 Å². The number of aryl methyl sites for hydroxylation is 1. The number of nitriles is 1. The molecule has 1 saturated heterocycles. The van der Waals surface area contributed by atoms with Gasteiger partial charge in [-0.05, 0) is 78.7 Å². The highest BCUT2D eigenvalue weighted by Gasteiger charge is 2.68. The molecule has 0 unspecified atom stereocenters. The highest BCUT2D eigenvalue weighted by atomic mass is 35.5. The van der Waals surface area contributed by atoms with E-state index in [1.54, 1.807) is 0 Å². The first-order valence-electron chi connectivity index (χ1n) is 12.7. The van der Waals surface area contributed by atoms with Gasteiger partial charge in [-0.25, -0.2) is 4.79 Å². The summed E-state index contributed by atoms with van der Waals surface area (Å²) in [6.07, 6.45) is 12.2. The third kappa shape index (κ3) is 4.68. The summed E-state index contributed by atoms with van der Waals surface area (Å²) in [6.45, 7) is 1.58. The molecule has 1 amide bonds. The molecule has 0 radical (unpaired) electrons. The number of nitrogens with zero attached hydrogens (tertiary/aromatic N) is 2. The monoisotopic (exact) mass is 476 g/mol. The molecule has 34 heavy (non-hydrogen) atoms. The molecule has 4 nitrogen and oxygen atoms in total. The van der Waals surface area contributed by atoms with Crippen LogP contribution in [-0.4, -0.2) is 24.1 Å². The van der Waals surface area contributed by atoms with Gasteiger partial charge >= 0.3 is 6.09 Å². The van der Waals surface area contributed by atoms with Gasteiger partial charge in [0, 0.05) is 13.1 Å². The zero-order valence-corrected chi connectivity index (χ0v) is 20.5. The van der Waals surface area contributed by atoms with E-state index in [0.29, 0.717) is 16.3 Å². The van der Waals surface area contributed by atoms with Crippen LogP contribution >= 0.6 is 11.6 Å². The van der Waals surface area contributed by atoms with Crippen LogP contribution in [-0.2, 0) is 6.42 Å². The molecule has 3 aliphatic rings. The summed E-state index contributed by atoms with van der Waals surface area (Å²) in [7, 11) is 0. The van der Waals surface area contributed by atoms with Gasteiger partial charge in [-0.1, -0.05) is 68.0 Å². The van der Waals surface area contributed by atoms with E-state index >= 15 is 0 Å². The molecule has 0 aromatic heterocycles. The Kier molecular flexibility index (Phi) is 6.58. The van der Waals surface area contributed by atoms with Crippen molar-refractivity contribution in [3.8, 4) is 11.8 Å².